The highest BCUT2D eigenvalue weighted by molar-refractivity contribution is 5.94. The van der Waals surface area contributed by atoms with Gasteiger partial charge in [0.1, 0.15) is 5.82 Å². The van der Waals surface area contributed by atoms with E-state index in [1.54, 1.807) is 6.20 Å². The van der Waals surface area contributed by atoms with Crippen molar-refractivity contribution in [2.75, 3.05) is 25.3 Å². The van der Waals surface area contributed by atoms with Gasteiger partial charge in [0.05, 0.1) is 0 Å². The summed E-state index contributed by atoms with van der Waals surface area (Å²) in [7, 11) is 0. The largest absolute Gasteiger partial charge is 0.454 e. The van der Waals surface area contributed by atoms with Crippen molar-refractivity contribution in [1.29, 1.82) is 0 Å². The molecule has 0 bridgehead atoms. The second kappa shape index (κ2) is 5.32. The Morgan fingerprint density at radius 2 is 2.05 bits per heavy atom. The molecule has 3 rings (SSSR count). The number of benzene rings is 1. The number of unbranched alkanes of at least 4 members (excludes halogenated alkanes) is 1. The number of fused-ring (bicyclic) bond motifs is 2. The fourth-order valence-electron chi connectivity index (χ4n) is 2.15. The molecule has 0 saturated carbocycles. The molecule has 19 heavy (non-hydrogen) atoms. The van der Waals surface area contributed by atoms with E-state index in [0.717, 1.165) is 47.5 Å². The van der Waals surface area contributed by atoms with Crippen LogP contribution in [0.2, 0.25) is 0 Å². The summed E-state index contributed by atoms with van der Waals surface area (Å²) < 4.78 is 10.8. The Morgan fingerprint density at radius 3 is 2.89 bits per heavy atom. The molecule has 1 aliphatic rings. The Hall–Kier alpha value is -2.01. The maximum absolute atomic E-state index is 8.77. The van der Waals surface area contributed by atoms with E-state index in [-0.39, 0.29) is 13.4 Å². The summed E-state index contributed by atoms with van der Waals surface area (Å²) in [6.45, 7) is 1.29. The Bertz CT molecular complexity index is 586. The monoisotopic (exact) mass is 260 g/mol. The van der Waals surface area contributed by atoms with Crippen molar-refractivity contribution in [3.05, 3.63) is 24.4 Å². The molecule has 1 aromatic carbocycles. The summed E-state index contributed by atoms with van der Waals surface area (Å²) in [5.74, 6) is 2.39. The lowest BCUT2D eigenvalue weighted by Gasteiger charge is -2.09. The number of aliphatic hydroxyl groups excluding tert-OH is 1. The molecule has 5 nitrogen and oxygen atoms in total. The van der Waals surface area contributed by atoms with Crippen LogP contribution in [0.1, 0.15) is 12.8 Å². The molecule has 5 heteroatoms. The Morgan fingerprint density at radius 1 is 1.21 bits per heavy atom. The van der Waals surface area contributed by atoms with Gasteiger partial charge in [0.2, 0.25) is 6.79 Å². The van der Waals surface area contributed by atoms with Gasteiger partial charge in [0, 0.05) is 24.7 Å². The number of anilines is 1. The normalized spacial score (nSPS) is 12.9. The van der Waals surface area contributed by atoms with Gasteiger partial charge in [-0.25, -0.2) is 4.98 Å². The third-order valence-electron chi connectivity index (χ3n) is 3.13. The van der Waals surface area contributed by atoms with Crippen molar-refractivity contribution in [1.82, 2.24) is 4.98 Å². The van der Waals surface area contributed by atoms with E-state index in [0.29, 0.717) is 0 Å². The number of hydrogen-bond donors (Lipinski definition) is 2. The number of rotatable bonds is 5. The van der Waals surface area contributed by atoms with Gasteiger partial charge in [-0.1, -0.05) is 0 Å². The van der Waals surface area contributed by atoms with Crippen LogP contribution in [0.25, 0.3) is 10.8 Å². The van der Waals surface area contributed by atoms with Crippen LogP contribution in [-0.2, 0) is 0 Å². The molecule has 1 aromatic heterocycles. The van der Waals surface area contributed by atoms with Gasteiger partial charge >= 0.3 is 0 Å². The third-order valence-corrected chi connectivity index (χ3v) is 3.13. The molecule has 0 amide bonds. The fourth-order valence-corrected chi connectivity index (χ4v) is 2.15. The van der Waals surface area contributed by atoms with Gasteiger partial charge in [0.15, 0.2) is 11.5 Å². The van der Waals surface area contributed by atoms with Crippen molar-refractivity contribution in [2.24, 2.45) is 0 Å². The molecule has 2 aromatic rings. The lowest BCUT2D eigenvalue weighted by atomic mass is 10.1. The molecule has 1 aliphatic heterocycles. The van der Waals surface area contributed by atoms with E-state index in [1.165, 1.54) is 0 Å². The van der Waals surface area contributed by atoms with Crippen molar-refractivity contribution >= 4 is 16.6 Å². The first-order valence-electron chi connectivity index (χ1n) is 6.41. The maximum Gasteiger partial charge on any atom is 0.231 e. The molecule has 0 unspecified atom stereocenters. The van der Waals surface area contributed by atoms with Crippen molar-refractivity contribution in [3.63, 3.8) is 0 Å². The van der Waals surface area contributed by atoms with Crippen LogP contribution in [-0.4, -0.2) is 30.0 Å². The molecule has 100 valence electrons. The van der Waals surface area contributed by atoms with Crippen LogP contribution in [0.3, 0.4) is 0 Å². The van der Waals surface area contributed by atoms with Gasteiger partial charge in [0.25, 0.3) is 0 Å². The van der Waals surface area contributed by atoms with E-state index >= 15 is 0 Å². The standard InChI is InChI=1S/C14H16N2O3/c17-6-2-1-4-15-14-11-8-13-12(18-9-19-13)7-10(11)3-5-16-14/h3,5,7-8,17H,1-2,4,6,9H2,(H,15,16). The van der Waals surface area contributed by atoms with Gasteiger partial charge < -0.3 is 19.9 Å². The van der Waals surface area contributed by atoms with Gasteiger partial charge in [-0.05, 0) is 36.4 Å². The second-order valence-electron chi connectivity index (χ2n) is 4.44. The predicted molar refractivity (Wildman–Crippen MR) is 72.7 cm³/mol. The minimum Gasteiger partial charge on any atom is -0.454 e. The molecule has 0 fully saturated rings. The Labute approximate surface area is 111 Å². The highest BCUT2D eigenvalue weighted by Gasteiger charge is 2.15. The van der Waals surface area contributed by atoms with Crippen LogP contribution in [0.5, 0.6) is 11.5 Å². The first-order chi connectivity index (χ1) is 9.38. The summed E-state index contributed by atoms with van der Waals surface area (Å²) in [5.41, 5.74) is 0. The molecule has 2 N–H and O–H groups in total. The SMILES string of the molecule is OCCCCNc1nccc2cc3c(cc12)OCO3. The van der Waals surface area contributed by atoms with Crippen molar-refractivity contribution in [2.45, 2.75) is 12.8 Å². The highest BCUT2D eigenvalue weighted by atomic mass is 16.7. The molecular formula is C14H16N2O3. The quantitative estimate of drug-likeness (QED) is 0.806. The zero-order valence-corrected chi connectivity index (χ0v) is 10.6. The molecule has 0 radical (unpaired) electrons. The maximum atomic E-state index is 8.77. The van der Waals surface area contributed by atoms with Crippen molar-refractivity contribution in [3.8, 4) is 11.5 Å². The first kappa shape index (κ1) is 12.0. The van der Waals surface area contributed by atoms with Crippen LogP contribution in [0.4, 0.5) is 5.82 Å². The minimum absolute atomic E-state index is 0.226. The number of pyridine rings is 1. The van der Waals surface area contributed by atoms with E-state index in [2.05, 4.69) is 10.3 Å². The molecule has 0 spiro atoms. The number of nitrogens with zero attached hydrogens (tertiary/aromatic N) is 1. The molecule has 2 heterocycles. The van der Waals surface area contributed by atoms with Crippen LogP contribution >= 0.6 is 0 Å². The highest BCUT2D eigenvalue weighted by Crippen LogP contribution is 2.37. The smallest absolute Gasteiger partial charge is 0.231 e. The fraction of sp³-hybridized carbons (Fsp3) is 0.357. The number of hydrogen-bond acceptors (Lipinski definition) is 5. The minimum atomic E-state index is 0.226. The lowest BCUT2D eigenvalue weighted by molar-refractivity contribution is 0.174. The first-order valence-corrected chi connectivity index (χ1v) is 6.41. The topological polar surface area (TPSA) is 63.6 Å². The van der Waals surface area contributed by atoms with E-state index in [1.807, 2.05) is 18.2 Å². The summed E-state index contributed by atoms with van der Waals surface area (Å²) in [5, 5.41) is 14.2. The van der Waals surface area contributed by atoms with Crippen LogP contribution in [0.15, 0.2) is 24.4 Å². The third kappa shape index (κ3) is 2.42. The molecule has 0 aliphatic carbocycles. The summed E-state index contributed by atoms with van der Waals surface area (Å²) in [6, 6.07) is 5.88. The molecule has 0 saturated heterocycles. The predicted octanol–water partition coefficient (Wildman–Crippen LogP) is 2.15. The van der Waals surface area contributed by atoms with E-state index in [4.69, 9.17) is 14.6 Å². The zero-order chi connectivity index (χ0) is 13.1. The number of nitrogens with one attached hydrogen (secondary N) is 1. The van der Waals surface area contributed by atoms with E-state index < -0.39 is 0 Å². The van der Waals surface area contributed by atoms with E-state index in [9.17, 15) is 0 Å². The van der Waals surface area contributed by atoms with Gasteiger partial charge in [-0.3, -0.25) is 0 Å². The van der Waals surface area contributed by atoms with Crippen LogP contribution in [0, 0.1) is 0 Å². The average molecular weight is 260 g/mol. The Balaban J connectivity index is 1.87. The Kier molecular flexibility index (Phi) is 3.37. The number of aromatic nitrogens is 1. The van der Waals surface area contributed by atoms with Crippen LogP contribution < -0.4 is 14.8 Å². The molecular weight excluding hydrogens is 244 g/mol. The van der Waals surface area contributed by atoms with Gasteiger partial charge in [-0.15, -0.1) is 0 Å². The number of aliphatic hydroxyl groups is 1. The summed E-state index contributed by atoms with van der Waals surface area (Å²) >= 11 is 0. The molecule has 0 atom stereocenters. The summed E-state index contributed by atoms with van der Waals surface area (Å²) in [6.07, 6.45) is 3.49. The average Bonchev–Trinajstić information content (AvgIpc) is 2.88. The number of ether oxygens (including phenoxy) is 2. The lowest BCUT2D eigenvalue weighted by Crippen LogP contribution is -2.04. The van der Waals surface area contributed by atoms with Crippen molar-refractivity contribution < 1.29 is 14.6 Å². The zero-order valence-electron chi connectivity index (χ0n) is 10.6. The second-order valence-corrected chi connectivity index (χ2v) is 4.44. The van der Waals surface area contributed by atoms with Gasteiger partial charge in [-0.2, -0.15) is 0 Å². The summed E-state index contributed by atoms with van der Waals surface area (Å²) in [4.78, 5) is 4.36.